The Morgan fingerprint density at radius 3 is 2.35 bits per heavy atom. The Labute approximate surface area is 157 Å². The topological polar surface area (TPSA) is 49.0 Å². The maximum atomic E-state index is 13.0. The number of rotatable bonds is 3. The Morgan fingerprint density at radius 2 is 1.73 bits per heavy atom. The van der Waals surface area contributed by atoms with Crippen LogP contribution in [-0.2, 0) is 0 Å². The van der Waals surface area contributed by atoms with Crippen molar-refractivity contribution in [1.29, 1.82) is 0 Å². The highest BCUT2D eigenvalue weighted by atomic mass is 35.5. The summed E-state index contributed by atoms with van der Waals surface area (Å²) in [6.45, 7) is 6.15. The number of nitrogens with one attached hydrogen (secondary N) is 1. The Bertz CT molecular complexity index is 958. The summed E-state index contributed by atoms with van der Waals surface area (Å²) in [7, 11) is 0. The van der Waals surface area contributed by atoms with Gasteiger partial charge in [0.15, 0.2) is 0 Å². The van der Waals surface area contributed by atoms with Gasteiger partial charge in [0.2, 0.25) is 0 Å². The summed E-state index contributed by atoms with van der Waals surface area (Å²) in [6, 6.07) is 15.8. The van der Waals surface area contributed by atoms with Crippen molar-refractivity contribution in [3.63, 3.8) is 0 Å². The van der Waals surface area contributed by atoms with E-state index in [0.717, 1.165) is 22.4 Å². The first-order valence-corrected chi connectivity index (χ1v) is 9.08. The van der Waals surface area contributed by atoms with Gasteiger partial charge in [0.1, 0.15) is 5.69 Å². The Balaban J connectivity index is 1.90. The van der Waals surface area contributed by atoms with Gasteiger partial charge in [0, 0.05) is 22.2 Å². The molecule has 26 heavy (non-hydrogen) atoms. The lowest BCUT2D eigenvalue weighted by Gasteiger charge is -2.30. The van der Waals surface area contributed by atoms with Gasteiger partial charge in [-0.2, -0.15) is 5.10 Å². The number of carbonyl (C=O) groups is 1. The zero-order valence-electron chi connectivity index (χ0n) is 15.0. The summed E-state index contributed by atoms with van der Waals surface area (Å²) < 4.78 is 0. The number of hydrogen-bond acceptors (Lipinski definition) is 2. The minimum Gasteiger partial charge on any atom is -0.324 e. The molecule has 5 heteroatoms. The second kappa shape index (κ2) is 6.29. The summed E-state index contributed by atoms with van der Waals surface area (Å²) in [6.07, 6.45) is 0. The molecule has 1 aromatic heterocycles. The number of nitrogens with zero attached hydrogens (tertiary/aromatic N) is 2. The van der Waals surface area contributed by atoms with Gasteiger partial charge < -0.3 is 4.90 Å². The van der Waals surface area contributed by atoms with Crippen LogP contribution in [0.25, 0.3) is 11.3 Å². The Kier molecular flexibility index (Phi) is 4.08. The van der Waals surface area contributed by atoms with Crippen LogP contribution >= 0.6 is 11.6 Å². The zero-order valence-corrected chi connectivity index (χ0v) is 15.7. The summed E-state index contributed by atoms with van der Waals surface area (Å²) in [5, 5.41) is 8.11. The molecule has 0 spiro atoms. The molecule has 1 atom stereocenters. The van der Waals surface area contributed by atoms with Crippen LogP contribution in [0, 0.1) is 6.92 Å². The van der Waals surface area contributed by atoms with Crippen LogP contribution in [0.4, 0.5) is 0 Å². The summed E-state index contributed by atoms with van der Waals surface area (Å²) in [5.41, 5.74) is 5.55. The SMILES string of the molecule is Cc1ccc(C2c3c(-c4ccc(Cl)cc4)n[nH]c3C(=O)N2C(C)C)cc1. The van der Waals surface area contributed by atoms with E-state index in [-0.39, 0.29) is 18.0 Å². The summed E-state index contributed by atoms with van der Waals surface area (Å²) >= 11 is 6.03. The molecule has 1 N–H and O–H groups in total. The molecule has 1 amide bonds. The molecule has 3 aromatic rings. The van der Waals surface area contributed by atoms with E-state index >= 15 is 0 Å². The second-order valence-corrected chi connectivity index (χ2v) is 7.42. The first-order chi connectivity index (χ1) is 12.5. The van der Waals surface area contributed by atoms with Crippen molar-refractivity contribution in [2.45, 2.75) is 32.9 Å². The fourth-order valence-corrected chi connectivity index (χ4v) is 3.73. The van der Waals surface area contributed by atoms with Crippen LogP contribution in [0.1, 0.15) is 47.1 Å². The molecule has 0 bridgehead atoms. The van der Waals surface area contributed by atoms with Crippen LogP contribution in [0.5, 0.6) is 0 Å². The van der Waals surface area contributed by atoms with Crippen molar-refractivity contribution in [2.75, 3.05) is 0 Å². The molecule has 0 aliphatic carbocycles. The highest BCUT2D eigenvalue weighted by molar-refractivity contribution is 6.30. The second-order valence-electron chi connectivity index (χ2n) is 6.99. The molecular weight excluding hydrogens is 346 g/mol. The molecule has 132 valence electrons. The number of aromatic nitrogens is 2. The average molecular weight is 366 g/mol. The van der Waals surface area contributed by atoms with Crippen LogP contribution in [-0.4, -0.2) is 27.0 Å². The van der Waals surface area contributed by atoms with E-state index in [2.05, 4.69) is 41.4 Å². The number of benzene rings is 2. The van der Waals surface area contributed by atoms with E-state index in [1.807, 2.05) is 43.0 Å². The van der Waals surface area contributed by atoms with Crippen LogP contribution < -0.4 is 0 Å². The molecule has 1 unspecified atom stereocenters. The standard InChI is InChI=1S/C21H20ClN3O/c1-12(2)25-20(15-6-4-13(3)5-7-15)17-18(23-24-19(17)21(25)26)14-8-10-16(22)11-9-14/h4-12,20H,1-3H3,(H,23,24). The van der Waals surface area contributed by atoms with E-state index < -0.39 is 0 Å². The highest BCUT2D eigenvalue weighted by Gasteiger charge is 2.43. The van der Waals surface area contributed by atoms with E-state index in [4.69, 9.17) is 11.6 Å². The molecule has 1 aliphatic rings. The van der Waals surface area contributed by atoms with Crippen molar-refractivity contribution in [3.8, 4) is 11.3 Å². The Hall–Kier alpha value is -2.59. The molecule has 4 rings (SSSR count). The van der Waals surface area contributed by atoms with E-state index in [1.165, 1.54) is 5.56 Å². The number of aryl methyl sites for hydroxylation is 1. The molecule has 0 radical (unpaired) electrons. The third-order valence-electron chi connectivity index (χ3n) is 4.87. The zero-order chi connectivity index (χ0) is 18.4. The largest absolute Gasteiger partial charge is 0.324 e. The summed E-state index contributed by atoms with van der Waals surface area (Å²) in [5.74, 6) is -0.00621. The van der Waals surface area contributed by atoms with Crippen molar-refractivity contribution >= 4 is 17.5 Å². The van der Waals surface area contributed by atoms with Crippen molar-refractivity contribution in [2.24, 2.45) is 0 Å². The van der Waals surface area contributed by atoms with Gasteiger partial charge in [-0.25, -0.2) is 0 Å². The van der Waals surface area contributed by atoms with Crippen molar-refractivity contribution in [3.05, 3.63) is 75.9 Å². The normalized spacial score (nSPS) is 16.4. The van der Waals surface area contributed by atoms with Gasteiger partial charge in [-0.3, -0.25) is 9.89 Å². The predicted molar refractivity (Wildman–Crippen MR) is 103 cm³/mol. The van der Waals surface area contributed by atoms with Gasteiger partial charge in [0.05, 0.1) is 11.7 Å². The van der Waals surface area contributed by atoms with Gasteiger partial charge in [-0.15, -0.1) is 0 Å². The molecule has 0 saturated carbocycles. The van der Waals surface area contributed by atoms with E-state index in [9.17, 15) is 4.79 Å². The first-order valence-electron chi connectivity index (χ1n) is 8.71. The van der Waals surface area contributed by atoms with Gasteiger partial charge in [-0.1, -0.05) is 53.6 Å². The third-order valence-corrected chi connectivity index (χ3v) is 5.12. The van der Waals surface area contributed by atoms with Crippen molar-refractivity contribution in [1.82, 2.24) is 15.1 Å². The number of H-pyrrole nitrogens is 1. The van der Waals surface area contributed by atoms with Crippen LogP contribution in [0.15, 0.2) is 48.5 Å². The predicted octanol–water partition coefficient (Wildman–Crippen LogP) is 4.99. The molecular formula is C21H20ClN3O. The maximum Gasteiger partial charge on any atom is 0.273 e. The molecule has 2 aromatic carbocycles. The third kappa shape index (κ3) is 2.61. The van der Waals surface area contributed by atoms with E-state index in [0.29, 0.717) is 10.7 Å². The lowest BCUT2D eigenvalue weighted by atomic mass is 9.95. The molecule has 1 aliphatic heterocycles. The highest BCUT2D eigenvalue weighted by Crippen LogP contribution is 2.43. The minimum absolute atomic E-state index is 0.00621. The fraction of sp³-hybridized carbons (Fsp3) is 0.238. The van der Waals surface area contributed by atoms with Crippen LogP contribution in [0.3, 0.4) is 0 Å². The molecule has 4 nitrogen and oxygen atoms in total. The lowest BCUT2D eigenvalue weighted by molar-refractivity contribution is 0.0688. The fourth-order valence-electron chi connectivity index (χ4n) is 3.60. The van der Waals surface area contributed by atoms with Crippen molar-refractivity contribution < 1.29 is 4.79 Å². The quantitative estimate of drug-likeness (QED) is 0.710. The first kappa shape index (κ1) is 16.9. The number of fused-ring (bicyclic) bond motifs is 1. The molecule has 2 heterocycles. The van der Waals surface area contributed by atoms with Crippen LogP contribution in [0.2, 0.25) is 5.02 Å². The number of aromatic amines is 1. The lowest BCUT2D eigenvalue weighted by Crippen LogP contribution is -2.35. The maximum absolute atomic E-state index is 13.0. The molecule has 0 fully saturated rings. The number of hydrogen-bond donors (Lipinski definition) is 1. The Morgan fingerprint density at radius 1 is 1.08 bits per heavy atom. The average Bonchev–Trinajstić information content (AvgIpc) is 3.16. The molecule has 0 saturated heterocycles. The smallest absolute Gasteiger partial charge is 0.273 e. The monoisotopic (exact) mass is 365 g/mol. The number of halogens is 1. The summed E-state index contributed by atoms with van der Waals surface area (Å²) in [4.78, 5) is 14.9. The minimum atomic E-state index is -0.150. The van der Waals surface area contributed by atoms with Gasteiger partial charge >= 0.3 is 0 Å². The van der Waals surface area contributed by atoms with Gasteiger partial charge in [-0.05, 0) is 38.5 Å². The number of carbonyl (C=O) groups excluding carboxylic acids is 1. The number of amides is 1. The van der Waals surface area contributed by atoms with Gasteiger partial charge in [0.25, 0.3) is 5.91 Å². The van der Waals surface area contributed by atoms with E-state index in [1.54, 1.807) is 0 Å².